The molecule has 0 radical (unpaired) electrons. The van der Waals surface area contributed by atoms with Crippen molar-refractivity contribution in [2.45, 2.75) is 12.1 Å². The number of rotatable bonds is 2. The quantitative estimate of drug-likeness (QED) is 0.879. The van der Waals surface area contributed by atoms with Gasteiger partial charge in [-0.05, 0) is 11.1 Å². The van der Waals surface area contributed by atoms with Crippen molar-refractivity contribution in [3.63, 3.8) is 0 Å². The lowest BCUT2D eigenvalue weighted by atomic mass is 9.95. The molecule has 0 saturated carbocycles. The van der Waals surface area contributed by atoms with Gasteiger partial charge in [0.15, 0.2) is 0 Å². The highest BCUT2D eigenvalue weighted by atomic mass is 32.2. The maximum absolute atomic E-state index is 11.8. The minimum atomic E-state index is -3.44. The summed E-state index contributed by atoms with van der Waals surface area (Å²) in [5, 5.41) is 0. The van der Waals surface area contributed by atoms with Crippen molar-refractivity contribution in [1.82, 2.24) is 9.44 Å². The monoisotopic (exact) mass is 274 g/mol. The zero-order chi connectivity index (χ0) is 13.3. The van der Waals surface area contributed by atoms with Gasteiger partial charge in [-0.1, -0.05) is 60.7 Å². The zero-order valence-electron chi connectivity index (χ0n) is 10.2. The molecule has 5 heteroatoms. The Kier molecular flexibility index (Phi) is 3.10. The average Bonchev–Trinajstić information content (AvgIpc) is 2.77. The van der Waals surface area contributed by atoms with E-state index in [0.29, 0.717) is 0 Å². The van der Waals surface area contributed by atoms with Crippen molar-refractivity contribution in [2.24, 2.45) is 0 Å². The van der Waals surface area contributed by atoms with E-state index in [1.807, 2.05) is 60.7 Å². The molecule has 0 aliphatic carbocycles. The van der Waals surface area contributed by atoms with Gasteiger partial charge in [-0.3, -0.25) is 0 Å². The first-order valence-electron chi connectivity index (χ1n) is 6.05. The van der Waals surface area contributed by atoms with E-state index in [0.717, 1.165) is 11.1 Å². The Bertz CT molecular complexity index is 603. The highest BCUT2D eigenvalue weighted by Crippen LogP contribution is 2.33. The molecule has 1 saturated heterocycles. The molecule has 0 amide bonds. The predicted octanol–water partition coefficient (Wildman–Crippen LogP) is 1.91. The van der Waals surface area contributed by atoms with Crippen LogP contribution in [0.5, 0.6) is 0 Å². The van der Waals surface area contributed by atoms with Crippen LogP contribution in [0.3, 0.4) is 0 Å². The first-order chi connectivity index (χ1) is 9.16. The van der Waals surface area contributed by atoms with E-state index in [1.165, 1.54) is 0 Å². The third-order valence-corrected chi connectivity index (χ3v) is 4.34. The predicted molar refractivity (Wildman–Crippen MR) is 73.6 cm³/mol. The van der Waals surface area contributed by atoms with Gasteiger partial charge < -0.3 is 0 Å². The molecule has 2 aromatic rings. The molecule has 0 unspecified atom stereocenters. The number of hydrogen-bond donors (Lipinski definition) is 2. The topological polar surface area (TPSA) is 58.2 Å². The molecule has 0 spiro atoms. The Balaban J connectivity index is 2.02. The molecule has 0 bridgehead atoms. The van der Waals surface area contributed by atoms with Crippen LogP contribution in [0.4, 0.5) is 0 Å². The molecule has 98 valence electrons. The Morgan fingerprint density at radius 3 is 1.42 bits per heavy atom. The molecule has 3 rings (SSSR count). The van der Waals surface area contributed by atoms with Gasteiger partial charge in [0.2, 0.25) is 0 Å². The van der Waals surface area contributed by atoms with Crippen LogP contribution in [-0.2, 0) is 10.2 Å². The summed E-state index contributed by atoms with van der Waals surface area (Å²) in [6, 6.07) is 18.6. The molecule has 1 fully saturated rings. The summed E-state index contributed by atoms with van der Waals surface area (Å²) in [6.45, 7) is 0. The standard InChI is InChI=1S/C14H14N2O2S/c17-19(18)15-13(11-7-3-1-4-8-11)14(16-19)12-9-5-2-6-10-12/h1-10,13-16H/t13-,14+. The normalized spacial score (nSPS) is 25.3. The van der Waals surface area contributed by atoms with Crippen LogP contribution in [0, 0.1) is 0 Å². The molecule has 2 atom stereocenters. The van der Waals surface area contributed by atoms with E-state index in [9.17, 15) is 8.42 Å². The highest BCUT2D eigenvalue weighted by molar-refractivity contribution is 7.87. The second-order valence-corrected chi connectivity index (χ2v) is 5.99. The Hall–Kier alpha value is -1.69. The van der Waals surface area contributed by atoms with E-state index in [2.05, 4.69) is 9.44 Å². The SMILES string of the molecule is O=S1(=O)N[C@H](c2ccccc2)[C@H](c2ccccc2)N1. The molecule has 4 nitrogen and oxygen atoms in total. The van der Waals surface area contributed by atoms with Crippen LogP contribution >= 0.6 is 0 Å². The molecule has 2 N–H and O–H groups in total. The van der Waals surface area contributed by atoms with E-state index in [1.54, 1.807) is 0 Å². The van der Waals surface area contributed by atoms with Gasteiger partial charge in [-0.15, -0.1) is 0 Å². The Morgan fingerprint density at radius 1 is 0.684 bits per heavy atom. The van der Waals surface area contributed by atoms with Crippen molar-refractivity contribution in [2.75, 3.05) is 0 Å². The summed E-state index contributed by atoms with van der Waals surface area (Å²) in [5.74, 6) is 0. The molecule has 1 heterocycles. The van der Waals surface area contributed by atoms with Crippen LogP contribution in [0.25, 0.3) is 0 Å². The second kappa shape index (κ2) is 4.77. The largest absolute Gasteiger partial charge is 0.278 e. The highest BCUT2D eigenvalue weighted by Gasteiger charge is 2.37. The van der Waals surface area contributed by atoms with Gasteiger partial charge in [-0.25, -0.2) is 0 Å². The summed E-state index contributed by atoms with van der Waals surface area (Å²) in [7, 11) is -3.44. The fourth-order valence-corrected chi connectivity index (χ4v) is 3.63. The van der Waals surface area contributed by atoms with Gasteiger partial charge in [0.05, 0.1) is 12.1 Å². The van der Waals surface area contributed by atoms with Crippen molar-refractivity contribution in [1.29, 1.82) is 0 Å². The molecular formula is C14H14N2O2S. The lowest BCUT2D eigenvalue weighted by molar-refractivity contribution is 0.554. The van der Waals surface area contributed by atoms with Gasteiger partial charge in [0, 0.05) is 0 Å². The smallest absolute Gasteiger partial charge is 0.195 e. The summed E-state index contributed by atoms with van der Waals surface area (Å²) < 4.78 is 28.9. The van der Waals surface area contributed by atoms with Gasteiger partial charge in [0.25, 0.3) is 10.2 Å². The maximum atomic E-state index is 11.8. The first-order valence-corrected chi connectivity index (χ1v) is 7.53. The number of benzene rings is 2. The fourth-order valence-electron chi connectivity index (χ4n) is 2.35. The number of hydrogen-bond acceptors (Lipinski definition) is 2. The van der Waals surface area contributed by atoms with E-state index in [-0.39, 0.29) is 12.1 Å². The molecular weight excluding hydrogens is 260 g/mol. The summed E-state index contributed by atoms with van der Waals surface area (Å²) in [4.78, 5) is 0. The minimum absolute atomic E-state index is 0.284. The molecule has 19 heavy (non-hydrogen) atoms. The van der Waals surface area contributed by atoms with Crippen LogP contribution in [0.15, 0.2) is 60.7 Å². The molecule has 2 aromatic carbocycles. The summed E-state index contributed by atoms with van der Waals surface area (Å²) in [6.07, 6.45) is 0. The van der Waals surface area contributed by atoms with Crippen LogP contribution < -0.4 is 9.44 Å². The summed E-state index contributed by atoms with van der Waals surface area (Å²) in [5.41, 5.74) is 1.90. The van der Waals surface area contributed by atoms with Crippen LogP contribution in [-0.4, -0.2) is 8.42 Å². The van der Waals surface area contributed by atoms with Crippen molar-refractivity contribution < 1.29 is 8.42 Å². The Morgan fingerprint density at radius 2 is 1.05 bits per heavy atom. The Labute approximate surface area is 112 Å². The van der Waals surface area contributed by atoms with E-state index < -0.39 is 10.2 Å². The van der Waals surface area contributed by atoms with E-state index in [4.69, 9.17) is 0 Å². The van der Waals surface area contributed by atoms with Gasteiger partial charge >= 0.3 is 0 Å². The molecule has 0 aromatic heterocycles. The third-order valence-electron chi connectivity index (χ3n) is 3.21. The minimum Gasteiger partial charge on any atom is -0.195 e. The van der Waals surface area contributed by atoms with Crippen molar-refractivity contribution in [3.05, 3.63) is 71.8 Å². The van der Waals surface area contributed by atoms with E-state index >= 15 is 0 Å². The number of nitrogens with one attached hydrogen (secondary N) is 2. The van der Waals surface area contributed by atoms with Crippen LogP contribution in [0.2, 0.25) is 0 Å². The van der Waals surface area contributed by atoms with Gasteiger partial charge in [0.1, 0.15) is 0 Å². The lowest BCUT2D eigenvalue weighted by Gasteiger charge is -2.18. The van der Waals surface area contributed by atoms with Crippen LogP contribution in [0.1, 0.15) is 23.2 Å². The lowest BCUT2D eigenvalue weighted by Crippen LogP contribution is -2.24. The fraction of sp³-hybridized carbons (Fsp3) is 0.143. The first kappa shape index (κ1) is 12.3. The molecule has 1 aliphatic rings. The third kappa shape index (κ3) is 2.53. The zero-order valence-corrected chi connectivity index (χ0v) is 11.0. The van der Waals surface area contributed by atoms with Crippen molar-refractivity contribution in [3.8, 4) is 0 Å². The average molecular weight is 274 g/mol. The van der Waals surface area contributed by atoms with Crippen molar-refractivity contribution >= 4 is 10.2 Å². The summed E-state index contributed by atoms with van der Waals surface area (Å²) >= 11 is 0. The van der Waals surface area contributed by atoms with Gasteiger partial charge in [-0.2, -0.15) is 17.9 Å². The molecule has 1 aliphatic heterocycles. The second-order valence-electron chi connectivity index (χ2n) is 4.52. The maximum Gasteiger partial charge on any atom is 0.278 e.